The molecule has 0 atom stereocenters. The fourth-order valence-electron chi connectivity index (χ4n) is 1.42. The number of hydrogen-bond donors (Lipinski definition) is 1. The van der Waals surface area contributed by atoms with Gasteiger partial charge in [-0.15, -0.1) is 0 Å². The van der Waals surface area contributed by atoms with E-state index >= 15 is 0 Å². The van der Waals surface area contributed by atoms with Gasteiger partial charge in [-0.2, -0.15) is 5.10 Å². The molecule has 4 nitrogen and oxygen atoms in total. The predicted octanol–water partition coefficient (Wildman–Crippen LogP) is 3.01. The van der Waals surface area contributed by atoms with E-state index in [-0.39, 0.29) is 5.91 Å². The molecule has 0 bridgehead atoms. The molecule has 1 N–H and O–H groups in total. The molecule has 1 aromatic rings. The number of hydrogen-bond acceptors (Lipinski definition) is 3. The van der Waals surface area contributed by atoms with Crippen LogP contribution in [0.3, 0.4) is 0 Å². The Morgan fingerprint density at radius 1 is 1.41 bits per heavy atom. The monoisotopic (exact) mass is 236 g/mol. The second kappa shape index (κ2) is 6.89. The van der Waals surface area contributed by atoms with E-state index in [9.17, 15) is 4.79 Å². The second-order valence-corrected chi connectivity index (χ2v) is 4.10. The Bertz CT molecular complexity index is 394. The summed E-state index contributed by atoms with van der Waals surface area (Å²) in [5, 5.41) is 4.01. The number of hydrazone groups is 1. The number of nitrogens with zero attached hydrogens (tertiary/aromatic N) is 1. The second-order valence-electron chi connectivity index (χ2n) is 4.10. The van der Waals surface area contributed by atoms with Gasteiger partial charge in [0.25, 0.3) is 0 Å². The van der Waals surface area contributed by atoms with Gasteiger partial charge >= 0.3 is 0 Å². The van der Waals surface area contributed by atoms with Crippen LogP contribution in [0.2, 0.25) is 0 Å². The standard InChI is InChI=1S/C13H20N2O2/c1-4-5-6-7-13(16)15-14-11(3)12-9-8-10(2)17-12/h8-9H,4-7H2,1-3H3,(H,15,16). The fraction of sp³-hybridized carbons (Fsp3) is 0.538. The molecular formula is C13H20N2O2. The van der Waals surface area contributed by atoms with Crippen LogP contribution in [-0.4, -0.2) is 11.6 Å². The van der Waals surface area contributed by atoms with Gasteiger partial charge in [0.1, 0.15) is 17.2 Å². The lowest BCUT2D eigenvalue weighted by molar-refractivity contribution is -0.121. The van der Waals surface area contributed by atoms with Crippen LogP contribution in [0, 0.1) is 6.92 Å². The summed E-state index contributed by atoms with van der Waals surface area (Å²) in [6.07, 6.45) is 3.63. The highest BCUT2D eigenvalue weighted by molar-refractivity contribution is 5.96. The zero-order chi connectivity index (χ0) is 12.7. The minimum absolute atomic E-state index is 0.0407. The van der Waals surface area contributed by atoms with Gasteiger partial charge in [-0.05, 0) is 32.4 Å². The first-order chi connectivity index (χ1) is 8.13. The summed E-state index contributed by atoms with van der Waals surface area (Å²) < 4.78 is 5.39. The first-order valence-corrected chi connectivity index (χ1v) is 6.03. The summed E-state index contributed by atoms with van der Waals surface area (Å²) in [7, 11) is 0. The zero-order valence-electron chi connectivity index (χ0n) is 10.7. The molecule has 0 aromatic carbocycles. The number of carbonyl (C=O) groups is 1. The summed E-state index contributed by atoms with van der Waals surface area (Å²) in [4.78, 5) is 11.4. The Morgan fingerprint density at radius 2 is 2.18 bits per heavy atom. The van der Waals surface area contributed by atoms with Crippen LogP contribution >= 0.6 is 0 Å². The predicted molar refractivity (Wildman–Crippen MR) is 67.9 cm³/mol. The molecule has 17 heavy (non-hydrogen) atoms. The Balaban J connectivity index is 2.40. The summed E-state index contributed by atoms with van der Waals surface area (Å²) >= 11 is 0. The first kappa shape index (κ1) is 13.5. The molecule has 0 unspecified atom stereocenters. The summed E-state index contributed by atoms with van der Waals surface area (Å²) in [5.74, 6) is 1.49. The van der Waals surface area contributed by atoms with E-state index < -0.39 is 0 Å². The van der Waals surface area contributed by atoms with Crippen LogP contribution in [0.5, 0.6) is 0 Å². The molecule has 1 rings (SSSR count). The number of rotatable bonds is 6. The molecule has 4 heteroatoms. The summed E-state index contributed by atoms with van der Waals surface area (Å²) in [6, 6.07) is 3.72. The third kappa shape index (κ3) is 4.85. The van der Waals surface area contributed by atoms with Gasteiger partial charge in [0.15, 0.2) is 0 Å². The highest BCUT2D eigenvalue weighted by Gasteiger charge is 2.04. The van der Waals surface area contributed by atoms with Gasteiger partial charge in [-0.3, -0.25) is 4.79 Å². The van der Waals surface area contributed by atoms with E-state index in [0.29, 0.717) is 17.9 Å². The Labute approximate surface area is 102 Å². The molecule has 1 heterocycles. The van der Waals surface area contributed by atoms with Crippen LogP contribution in [0.25, 0.3) is 0 Å². The van der Waals surface area contributed by atoms with E-state index in [2.05, 4.69) is 17.5 Å². The molecule has 0 saturated heterocycles. The van der Waals surface area contributed by atoms with E-state index in [0.717, 1.165) is 25.0 Å². The Morgan fingerprint density at radius 3 is 2.76 bits per heavy atom. The van der Waals surface area contributed by atoms with Crippen molar-refractivity contribution in [3.05, 3.63) is 23.7 Å². The highest BCUT2D eigenvalue weighted by atomic mass is 16.3. The fourth-order valence-corrected chi connectivity index (χ4v) is 1.42. The maximum Gasteiger partial charge on any atom is 0.240 e. The van der Waals surface area contributed by atoms with Crippen molar-refractivity contribution in [1.29, 1.82) is 0 Å². The quantitative estimate of drug-likeness (QED) is 0.469. The smallest absolute Gasteiger partial charge is 0.240 e. The molecule has 0 saturated carbocycles. The van der Waals surface area contributed by atoms with Gasteiger partial charge in [0.2, 0.25) is 5.91 Å². The van der Waals surface area contributed by atoms with Crippen molar-refractivity contribution in [2.45, 2.75) is 46.5 Å². The lowest BCUT2D eigenvalue weighted by atomic mass is 10.2. The number of furan rings is 1. The van der Waals surface area contributed by atoms with Crippen LogP contribution in [0.4, 0.5) is 0 Å². The van der Waals surface area contributed by atoms with Crippen molar-refractivity contribution < 1.29 is 9.21 Å². The van der Waals surface area contributed by atoms with Crippen LogP contribution in [0.15, 0.2) is 21.7 Å². The van der Waals surface area contributed by atoms with Crippen molar-refractivity contribution in [3.63, 3.8) is 0 Å². The average molecular weight is 236 g/mol. The molecule has 0 radical (unpaired) electrons. The molecule has 1 amide bonds. The van der Waals surface area contributed by atoms with Gasteiger partial charge in [0, 0.05) is 6.42 Å². The third-order valence-corrected chi connectivity index (χ3v) is 2.45. The molecule has 0 aliphatic carbocycles. The maximum atomic E-state index is 11.4. The third-order valence-electron chi connectivity index (χ3n) is 2.45. The van der Waals surface area contributed by atoms with E-state index in [4.69, 9.17) is 4.42 Å². The number of aryl methyl sites for hydroxylation is 1. The van der Waals surface area contributed by atoms with Crippen molar-refractivity contribution in [3.8, 4) is 0 Å². The van der Waals surface area contributed by atoms with Crippen molar-refractivity contribution in [2.75, 3.05) is 0 Å². The molecular weight excluding hydrogens is 216 g/mol. The number of nitrogens with one attached hydrogen (secondary N) is 1. The normalized spacial score (nSPS) is 11.6. The molecule has 0 aliphatic rings. The molecule has 0 spiro atoms. The van der Waals surface area contributed by atoms with Crippen molar-refractivity contribution in [1.82, 2.24) is 5.43 Å². The largest absolute Gasteiger partial charge is 0.460 e. The van der Waals surface area contributed by atoms with Gasteiger partial charge in [-0.1, -0.05) is 19.8 Å². The van der Waals surface area contributed by atoms with E-state index in [1.165, 1.54) is 0 Å². The van der Waals surface area contributed by atoms with Crippen LogP contribution < -0.4 is 5.43 Å². The minimum atomic E-state index is -0.0407. The maximum absolute atomic E-state index is 11.4. The van der Waals surface area contributed by atoms with Crippen LogP contribution in [0.1, 0.15) is 51.1 Å². The summed E-state index contributed by atoms with van der Waals surface area (Å²) in [6.45, 7) is 5.80. The zero-order valence-corrected chi connectivity index (χ0v) is 10.7. The van der Waals surface area contributed by atoms with Crippen LogP contribution in [-0.2, 0) is 4.79 Å². The molecule has 94 valence electrons. The molecule has 0 aliphatic heterocycles. The lowest BCUT2D eigenvalue weighted by Gasteiger charge is -2.00. The highest BCUT2D eigenvalue weighted by Crippen LogP contribution is 2.07. The number of unbranched alkanes of at least 4 members (excludes halogenated alkanes) is 2. The molecule has 1 aromatic heterocycles. The summed E-state index contributed by atoms with van der Waals surface area (Å²) in [5.41, 5.74) is 3.22. The van der Waals surface area contributed by atoms with E-state index in [1.807, 2.05) is 26.0 Å². The first-order valence-electron chi connectivity index (χ1n) is 6.03. The molecule has 0 fully saturated rings. The average Bonchev–Trinajstić information content (AvgIpc) is 2.73. The van der Waals surface area contributed by atoms with Gasteiger partial charge in [0.05, 0.1) is 0 Å². The minimum Gasteiger partial charge on any atom is -0.460 e. The number of amides is 1. The van der Waals surface area contributed by atoms with Crippen molar-refractivity contribution in [2.24, 2.45) is 5.10 Å². The van der Waals surface area contributed by atoms with E-state index in [1.54, 1.807) is 0 Å². The van der Waals surface area contributed by atoms with Gasteiger partial charge in [-0.25, -0.2) is 5.43 Å². The number of carbonyl (C=O) groups excluding carboxylic acids is 1. The Hall–Kier alpha value is -1.58. The lowest BCUT2D eigenvalue weighted by Crippen LogP contribution is -2.18. The SMILES string of the molecule is CCCCCC(=O)NN=C(C)c1ccc(C)o1. The topological polar surface area (TPSA) is 54.6 Å². The van der Waals surface area contributed by atoms with Crippen molar-refractivity contribution >= 4 is 11.6 Å². The Kier molecular flexibility index (Phi) is 5.46. The van der Waals surface area contributed by atoms with Gasteiger partial charge < -0.3 is 4.42 Å².